The fourth-order valence-corrected chi connectivity index (χ4v) is 4.94. The first-order valence-electron chi connectivity index (χ1n) is 9.55. The van der Waals surface area contributed by atoms with Crippen molar-refractivity contribution in [2.24, 2.45) is 5.92 Å². The largest absolute Gasteiger partial charge is 0.384 e. The summed E-state index contributed by atoms with van der Waals surface area (Å²) in [4.78, 5) is 6.64. The van der Waals surface area contributed by atoms with Crippen LogP contribution >= 0.6 is 0 Å². The average Bonchev–Trinajstić information content (AvgIpc) is 3.29. The van der Waals surface area contributed by atoms with Crippen molar-refractivity contribution in [3.05, 3.63) is 47.8 Å². The van der Waals surface area contributed by atoms with Gasteiger partial charge >= 0.3 is 0 Å². The first kappa shape index (κ1) is 21.0. The predicted octanol–water partition coefficient (Wildman–Crippen LogP) is 1.82. The summed E-state index contributed by atoms with van der Waals surface area (Å²) in [6, 6.07) is 9.87. The molecule has 0 saturated carbocycles. The lowest BCUT2D eigenvalue weighted by molar-refractivity contribution is 0.152. The zero-order valence-corrected chi connectivity index (χ0v) is 17.4. The summed E-state index contributed by atoms with van der Waals surface area (Å²) < 4.78 is 37.7. The smallest absolute Gasteiger partial charge is 0.228 e. The third-order valence-electron chi connectivity index (χ3n) is 5.08. The van der Waals surface area contributed by atoms with Crippen LogP contribution in [0.15, 0.2) is 41.7 Å². The highest BCUT2D eigenvalue weighted by Gasteiger charge is 2.27. The highest BCUT2D eigenvalue weighted by atomic mass is 32.2. The topological polar surface area (TPSA) is 73.7 Å². The number of ether oxygens (including phenoxy) is 2. The summed E-state index contributed by atoms with van der Waals surface area (Å²) in [6.07, 6.45) is 2.80. The number of rotatable bonds is 10. The predicted molar refractivity (Wildman–Crippen MR) is 107 cm³/mol. The molecule has 154 valence electrons. The van der Waals surface area contributed by atoms with Crippen LogP contribution in [-0.2, 0) is 32.4 Å². The molecule has 1 fully saturated rings. The van der Waals surface area contributed by atoms with Gasteiger partial charge in [0.05, 0.1) is 37.4 Å². The van der Waals surface area contributed by atoms with E-state index in [9.17, 15) is 8.42 Å². The molecule has 7 nitrogen and oxygen atoms in total. The van der Waals surface area contributed by atoms with E-state index in [2.05, 4.69) is 9.88 Å². The van der Waals surface area contributed by atoms with Crippen molar-refractivity contribution < 1.29 is 17.9 Å². The van der Waals surface area contributed by atoms with Gasteiger partial charge in [-0.25, -0.2) is 13.4 Å². The molecule has 1 aromatic heterocycles. The average molecular weight is 408 g/mol. The van der Waals surface area contributed by atoms with Gasteiger partial charge in [-0.1, -0.05) is 30.3 Å². The Kier molecular flexibility index (Phi) is 7.23. The Bertz CT molecular complexity index is 852. The van der Waals surface area contributed by atoms with Crippen molar-refractivity contribution in [2.45, 2.75) is 24.7 Å². The molecule has 0 spiro atoms. The van der Waals surface area contributed by atoms with Gasteiger partial charge in [0.1, 0.15) is 0 Å². The highest BCUT2D eigenvalue weighted by molar-refractivity contribution is 7.91. The first-order chi connectivity index (χ1) is 13.5. The van der Waals surface area contributed by atoms with Gasteiger partial charge in [0.15, 0.2) is 0 Å². The molecule has 1 atom stereocenters. The van der Waals surface area contributed by atoms with Crippen LogP contribution in [0.1, 0.15) is 17.7 Å². The van der Waals surface area contributed by atoms with Gasteiger partial charge in [-0.15, -0.1) is 0 Å². The molecule has 1 aliphatic rings. The first-order valence-corrected chi connectivity index (χ1v) is 11.2. The van der Waals surface area contributed by atoms with Crippen LogP contribution in [0.3, 0.4) is 0 Å². The molecule has 0 bridgehead atoms. The van der Waals surface area contributed by atoms with Crippen LogP contribution in [0.5, 0.6) is 0 Å². The molecule has 2 aromatic rings. The summed E-state index contributed by atoms with van der Waals surface area (Å²) in [5.74, 6) is 0.453. The van der Waals surface area contributed by atoms with Crippen molar-refractivity contribution in [1.82, 2.24) is 14.5 Å². The van der Waals surface area contributed by atoms with E-state index >= 15 is 0 Å². The fraction of sp³-hybridized carbons (Fsp3) is 0.550. The van der Waals surface area contributed by atoms with E-state index in [1.807, 2.05) is 34.9 Å². The van der Waals surface area contributed by atoms with E-state index in [1.54, 1.807) is 13.3 Å². The number of hydrogen-bond donors (Lipinski definition) is 0. The fourth-order valence-electron chi connectivity index (χ4n) is 3.64. The zero-order valence-electron chi connectivity index (χ0n) is 16.6. The Labute approximate surface area is 167 Å². The van der Waals surface area contributed by atoms with Gasteiger partial charge in [-0.3, -0.25) is 4.90 Å². The SMILES string of the molecule is COCCS(=O)(=O)c1ncc(CN2CCC(COC)C2)n1Cc1ccccc1. The number of imidazole rings is 1. The number of hydrogen-bond acceptors (Lipinski definition) is 6. The van der Waals surface area contributed by atoms with Crippen molar-refractivity contribution in [1.29, 1.82) is 0 Å². The molecule has 1 aliphatic heterocycles. The maximum atomic E-state index is 12.8. The third-order valence-corrected chi connectivity index (χ3v) is 6.66. The Balaban J connectivity index is 1.85. The minimum Gasteiger partial charge on any atom is -0.384 e. The molecule has 0 amide bonds. The minimum atomic E-state index is -3.52. The van der Waals surface area contributed by atoms with E-state index < -0.39 is 9.84 Å². The number of nitrogens with zero attached hydrogens (tertiary/aromatic N) is 3. The van der Waals surface area contributed by atoms with Gasteiger partial charge < -0.3 is 14.0 Å². The van der Waals surface area contributed by atoms with Crippen LogP contribution in [0.2, 0.25) is 0 Å². The van der Waals surface area contributed by atoms with Crippen molar-refractivity contribution in [3.63, 3.8) is 0 Å². The number of methoxy groups -OCH3 is 2. The van der Waals surface area contributed by atoms with Crippen molar-refractivity contribution in [2.75, 3.05) is 46.3 Å². The summed E-state index contributed by atoms with van der Waals surface area (Å²) in [7, 11) is -0.285. The Morgan fingerprint density at radius 3 is 2.64 bits per heavy atom. The van der Waals surface area contributed by atoms with Crippen LogP contribution < -0.4 is 0 Å². The van der Waals surface area contributed by atoms with E-state index in [0.29, 0.717) is 19.0 Å². The lowest BCUT2D eigenvalue weighted by Gasteiger charge is -2.18. The van der Waals surface area contributed by atoms with E-state index in [1.165, 1.54) is 7.11 Å². The van der Waals surface area contributed by atoms with Gasteiger partial charge in [-0.05, 0) is 24.4 Å². The summed E-state index contributed by atoms with van der Waals surface area (Å²) in [5.41, 5.74) is 1.96. The molecule has 0 radical (unpaired) electrons. The Morgan fingerprint density at radius 2 is 1.93 bits per heavy atom. The summed E-state index contributed by atoms with van der Waals surface area (Å²) in [5, 5.41) is 0.121. The quantitative estimate of drug-likeness (QED) is 0.598. The van der Waals surface area contributed by atoms with Gasteiger partial charge in [0, 0.05) is 27.3 Å². The monoisotopic (exact) mass is 407 g/mol. The molecule has 8 heteroatoms. The normalized spacial score (nSPS) is 18.0. The lowest BCUT2D eigenvalue weighted by Crippen LogP contribution is -2.24. The summed E-state index contributed by atoms with van der Waals surface area (Å²) in [6.45, 7) is 4.01. The number of benzene rings is 1. The van der Waals surface area contributed by atoms with Gasteiger partial charge in [-0.2, -0.15) is 0 Å². The second-order valence-electron chi connectivity index (χ2n) is 7.26. The Hall–Kier alpha value is -1.74. The zero-order chi connectivity index (χ0) is 20.0. The van der Waals surface area contributed by atoms with E-state index in [-0.39, 0.29) is 17.5 Å². The second kappa shape index (κ2) is 9.65. The molecule has 1 aromatic carbocycles. The molecule has 2 heterocycles. The summed E-state index contributed by atoms with van der Waals surface area (Å²) >= 11 is 0. The van der Waals surface area contributed by atoms with Gasteiger partial charge in [0.2, 0.25) is 15.0 Å². The molecule has 0 aliphatic carbocycles. The lowest BCUT2D eigenvalue weighted by atomic mass is 10.1. The van der Waals surface area contributed by atoms with Crippen LogP contribution in [-0.4, -0.2) is 69.1 Å². The molecule has 3 rings (SSSR count). The molecular weight excluding hydrogens is 378 g/mol. The minimum absolute atomic E-state index is 0.0750. The second-order valence-corrected chi connectivity index (χ2v) is 9.26. The van der Waals surface area contributed by atoms with Crippen LogP contribution in [0, 0.1) is 5.92 Å². The van der Waals surface area contributed by atoms with Crippen LogP contribution in [0.25, 0.3) is 0 Å². The van der Waals surface area contributed by atoms with Crippen molar-refractivity contribution >= 4 is 9.84 Å². The van der Waals surface area contributed by atoms with E-state index in [0.717, 1.165) is 37.4 Å². The maximum Gasteiger partial charge on any atom is 0.228 e. The third kappa shape index (κ3) is 5.20. The Morgan fingerprint density at radius 1 is 1.14 bits per heavy atom. The molecule has 1 saturated heterocycles. The number of sulfone groups is 1. The van der Waals surface area contributed by atoms with Crippen LogP contribution in [0.4, 0.5) is 0 Å². The molecule has 1 unspecified atom stereocenters. The van der Waals surface area contributed by atoms with E-state index in [4.69, 9.17) is 9.47 Å². The highest BCUT2D eigenvalue weighted by Crippen LogP contribution is 2.22. The van der Waals surface area contributed by atoms with Gasteiger partial charge in [0.25, 0.3) is 0 Å². The number of likely N-dealkylation sites (tertiary alicyclic amines) is 1. The molecular formula is C20H29N3O4S. The molecule has 0 N–H and O–H groups in total. The van der Waals surface area contributed by atoms with Crippen molar-refractivity contribution in [3.8, 4) is 0 Å². The standard InChI is InChI=1S/C20H29N3O4S/c1-26-10-11-28(24,25)20-21-12-19(15-22-9-8-18(13-22)16-27-2)23(20)14-17-6-4-3-5-7-17/h3-7,12,18H,8-11,13-16H2,1-2H3. The molecule has 28 heavy (non-hydrogen) atoms. The number of aromatic nitrogens is 2. The maximum absolute atomic E-state index is 12.8.